The van der Waals surface area contributed by atoms with Gasteiger partial charge in [0.1, 0.15) is 0 Å². The maximum absolute atomic E-state index is 10.4. The Morgan fingerprint density at radius 2 is 0.902 bits per heavy atom. The van der Waals surface area contributed by atoms with E-state index in [9.17, 15) is 10.5 Å². The second-order valence-corrected chi connectivity index (χ2v) is 14.1. The van der Waals surface area contributed by atoms with Gasteiger partial charge in [-0.25, -0.2) is 0 Å². The van der Waals surface area contributed by atoms with Crippen LogP contribution in [0.25, 0.3) is 77.2 Å². The van der Waals surface area contributed by atoms with Crippen molar-refractivity contribution in [2.45, 2.75) is 19.3 Å². The van der Waals surface area contributed by atoms with E-state index in [-0.39, 0.29) is 5.41 Å². The molecule has 238 valence electrons. The third-order valence-electron chi connectivity index (χ3n) is 10.9. The van der Waals surface area contributed by atoms with Crippen LogP contribution in [0.1, 0.15) is 36.1 Å². The van der Waals surface area contributed by atoms with Crippen molar-refractivity contribution in [1.29, 1.82) is 10.5 Å². The van der Waals surface area contributed by atoms with Crippen molar-refractivity contribution in [2.24, 2.45) is 0 Å². The van der Waals surface area contributed by atoms with Crippen LogP contribution in [0.4, 0.5) is 0 Å². The van der Waals surface area contributed by atoms with Gasteiger partial charge in [-0.05, 0) is 100 Å². The molecule has 0 fully saturated rings. The fourth-order valence-corrected chi connectivity index (χ4v) is 8.58. The molecule has 0 atom stereocenters. The summed E-state index contributed by atoms with van der Waals surface area (Å²) in [6.07, 6.45) is 0. The summed E-state index contributed by atoms with van der Waals surface area (Å²) in [5.74, 6) is 0. The third-order valence-corrected chi connectivity index (χ3v) is 10.9. The predicted molar refractivity (Wildman–Crippen MR) is 208 cm³/mol. The van der Waals surface area contributed by atoms with Gasteiger partial charge in [0.05, 0.1) is 45.3 Å². The molecule has 51 heavy (non-hydrogen) atoms. The van der Waals surface area contributed by atoms with Crippen molar-refractivity contribution >= 4 is 43.6 Å². The molecule has 0 unspecified atom stereocenters. The summed E-state index contributed by atoms with van der Waals surface area (Å²) in [6.45, 7) is 4.61. The van der Waals surface area contributed by atoms with Crippen LogP contribution in [0.2, 0.25) is 0 Å². The highest BCUT2D eigenvalue weighted by atomic mass is 15.0. The fourth-order valence-electron chi connectivity index (χ4n) is 8.58. The maximum Gasteiger partial charge on any atom is 0.0992 e. The zero-order chi connectivity index (χ0) is 34.4. The monoisotopic (exact) mass is 650 g/mol. The van der Waals surface area contributed by atoms with Gasteiger partial charge in [-0.1, -0.05) is 92.7 Å². The number of rotatable bonds is 3. The lowest BCUT2D eigenvalue weighted by molar-refractivity contribution is 0.661. The molecule has 0 aliphatic heterocycles. The quantitative estimate of drug-likeness (QED) is 0.191. The highest BCUT2D eigenvalue weighted by molar-refractivity contribution is 6.12. The molecule has 0 radical (unpaired) electrons. The lowest BCUT2D eigenvalue weighted by Crippen LogP contribution is -2.15. The van der Waals surface area contributed by atoms with Crippen molar-refractivity contribution in [3.8, 4) is 45.8 Å². The molecule has 4 heteroatoms. The average Bonchev–Trinajstić information content (AvgIpc) is 3.77. The summed E-state index contributed by atoms with van der Waals surface area (Å²) >= 11 is 0. The van der Waals surface area contributed by atoms with Crippen LogP contribution in [-0.2, 0) is 5.41 Å². The number of hydrogen-bond donors (Lipinski definition) is 0. The van der Waals surface area contributed by atoms with Crippen LogP contribution >= 0.6 is 0 Å². The van der Waals surface area contributed by atoms with E-state index >= 15 is 0 Å². The molecule has 1 aliphatic carbocycles. The fraction of sp³-hybridized carbons (Fsp3) is 0.0638. The molecule has 0 bridgehead atoms. The molecule has 2 heterocycles. The Kier molecular flexibility index (Phi) is 6.02. The number of nitrogens with zero attached hydrogens (tertiary/aromatic N) is 4. The number of para-hydroxylation sites is 3. The van der Waals surface area contributed by atoms with E-state index in [4.69, 9.17) is 0 Å². The summed E-state index contributed by atoms with van der Waals surface area (Å²) in [5.41, 5.74) is 14.1. The Labute approximate surface area is 295 Å². The molecule has 10 rings (SSSR count). The van der Waals surface area contributed by atoms with Crippen LogP contribution in [-0.4, -0.2) is 9.13 Å². The molecule has 0 spiro atoms. The lowest BCUT2D eigenvalue weighted by Gasteiger charge is -2.21. The standard InChI is InChI=1S/C47H30N4/c1-47(2)41-15-7-3-11-35(41)39-25-40-38-14-6-10-18-45(38)51(46(40)26-42(39)47)34-22-30(28-49)20-32(24-34)31-19-29(27-48)21-33(23-31)50-43-16-8-4-12-36(43)37-13-5-9-17-44(37)50/h3-26H,1-2H3. The Balaban J connectivity index is 1.22. The normalized spacial score (nSPS) is 13.0. The van der Waals surface area contributed by atoms with Crippen molar-refractivity contribution < 1.29 is 0 Å². The summed E-state index contributed by atoms with van der Waals surface area (Å²) < 4.78 is 4.54. The zero-order valence-electron chi connectivity index (χ0n) is 28.1. The molecule has 0 saturated carbocycles. The van der Waals surface area contributed by atoms with E-state index in [2.05, 4.69) is 156 Å². The first-order valence-electron chi connectivity index (χ1n) is 17.2. The van der Waals surface area contributed by atoms with Gasteiger partial charge in [-0.2, -0.15) is 10.5 Å². The minimum absolute atomic E-state index is 0.151. The van der Waals surface area contributed by atoms with Crippen molar-refractivity contribution in [3.63, 3.8) is 0 Å². The molecule has 0 amide bonds. The summed E-state index contributed by atoms with van der Waals surface area (Å²) in [4.78, 5) is 0. The van der Waals surface area contributed by atoms with Crippen LogP contribution in [0.3, 0.4) is 0 Å². The Hall–Kier alpha value is -6.88. The maximum atomic E-state index is 10.4. The molecular weight excluding hydrogens is 621 g/mol. The van der Waals surface area contributed by atoms with Gasteiger partial charge in [0.15, 0.2) is 0 Å². The van der Waals surface area contributed by atoms with Crippen LogP contribution < -0.4 is 0 Å². The first kappa shape index (κ1) is 29.1. The van der Waals surface area contributed by atoms with E-state index in [1.807, 2.05) is 24.3 Å². The molecule has 1 aliphatic rings. The van der Waals surface area contributed by atoms with Crippen molar-refractivity contribution in [3.05, 3.63) is 168 Å². The second kappa shape index (κ2) is 10.6. The molecule has 7 aromatic carbocycles. The van der Waals surface area contributed by atoms with Crippen LogP contribution in [0, 0.1) is 22.7 Å². The second-order valence-electron chi connectivity index (χ2n) is 14.1. The highest BCUT2D eigenvalue weighted by Gasteiger charge is 2.36. The van der Waals surface area contributed by atoms with Gasteiger partial charge < -0.3 is 9.13 Å². The molecule has 0 saturated heterocycles. The summed E-state index contributed by atoms with van der Waals surface area (Å²) in [7, 11) is 0. The van der Waals surface area contributed by atoms with Crippen LogP contribution in [0.5, 0.6) is 0 Å². The smallest absolute Gasteiger partial charge is 0.0992 e. The SMILES string of the molecule is CC1(C)c2ccccc2-c2cc3c4ccccc4n(-c4cc(C#N)cc(-c5cc(C#N)cc(-n6c7ccccc7c7ccccc76)c5)c4)c3cc21. The molecule has 0 N–H and O–H groups in total. The molecular formula is C47H30N4. The van der Waals surface area contributed by atoms with E-state index in [1.165, 1.54) is 33.0 Å². The van der Waals surface area contributed by atoms with Gasteiger partial charge in [0, 0.05) is 38.3 Å². The Morgan fingerprint density at radius 1 is 0.431 bits per heavy atom. The van der Waals surface area contributed by atoms with Crippen LogP contribution in [0.15, 0.2) is 146 Å². The summed E-state index contributed by atoms with van der Waals surface area (Å²) in [5, 5.41) is 25.3. The predicted octanol–water partition coefficient (Wildman–Crippen LogP) is 11.6. The van der Waals surface area contributed by atoms with E-state index in [1.54, 1.807) is 0 Å². The largest absolute Gasteiger partial charge is 0.309 e. The minimum Gasteiger partial charge on any atom is -0.309 e. The van der Waals surface area contributed by atoms with Gasteiger partial charge in [0.2, 0.25) is 0 Å². The molecule has 4 nitrogen and oxygen atoms in total. The average molecular weight is 651 g/mol. The third kappa shape index (κ3) is 4.11. The van der Waals surface area contributed by atoms with E-state index in [0.29, 0.717) is 11.1 Å². The molecule has 9 aromatic rings. The van der Waals surface area contributed by atoms with Crippen molar-refractivity contribution in [2.75, 3.05) is 0 Å². The van der Waals surface area contributed by atoms with Gasteiger partial charge in [-0.3, -0.25) is 0 Å². The van der Waals surface area contributed by atoms with Gasteiger partial charge in [-0.15, -0.1) is 0 Å². The number of aromatic nitrogens is 2. The first-order chi connectivity index (χ1) is 24.9. The lowest BCUT2D eigenvalue weighted by atomic mass is 9.82. The number of fused-ring (bicyclic) bond motifs is 9. The Morgan fingerprint density at radius 3 is 1.45 bits per heavy atom. The summed E-state index contributed by atoms with van der Waals surface area (Å²) in [6, 6.07) is 55.7. The highest BCUT2D eigenvalue weighted by Crippen LogP contribution is 2.51. The number of nitriles is 2. The topological polar surface area (TPSA) is 57.4 Å². The van der Waals surface area contributed by atoms with E-state index in [0.717, 1.165) is 55.3 Å². The molecule has 2 aromatic heterocycles. The zero-order valence-corrected chi connectivity index (χ0v) is 28.1. The number of benzene rings is 7. The van der Waals surface area contributed by atoms with Crippen molar-refractivity contribution in [1.82, 2.24) is 9.13 Å². The Bertz CT molecular complexity index is 2980. The number of hydrogen-bond acceptors (Lipinski definition) is 2. The van der Waals surface area contributed by atoms with Gasteiger partial charge in [0.25, 0.3) is 0 Å². The van der Waals surface area contributed by atoms with E-state index < -0.39 is 0 Å². The van der Waals surface area contributed by atoms with Gasteiger partial charge >= 0.3 is 0 Å². The first-order valence-corrected chi connectivity index (χ1v) is 17.2. The minimum atomic E-state index is -0.151.